The van der Waals surface area contributed by atoms with Crippen LogP contribution in [0.2, 0.25) is 0 Å². The number of nitrogens with one attached hydrogen (secondary N) is 3. The van der Waals surface area contributed by atoms with Crippen LogP contribution in [0, 0.1) is 11.5 Å². The Morgan fingerprint density at radius 2 is 2.62 bits per heavy atom. The molecule has 0 aromatic carbocycles. The highest BCUT2D eigenvalue weighted by Crippen LogP contribution is 2.08. The van der Waals surface area contributed by atoms with Gasteiger partial charge in [-0.2, -0.15) is 22.1 Å². The van der Waals surface area contributed by atoms with Crippen LogP contribution in [0.25, 0.3) is 0 Å². The zero-order valence-electron chi connectivity index (χ0n) is 9.03. The SMILES string of the molecule is CN/C(=N/CCSCc1cc[nH]n1)NC#N. The summed E-state index contributed by atoms with van der Waals surface area (Å²) in [6, 6.07) is 1.95. The number of aromatic nitrogens is 2. The van der Waals surface area contributed by atoms with Gasteiger partial charge in [-0.15, -0.1) is 0 Å². The molecule has 1 rings (SSSR count). The topological polar surface area (TPSA) is 88.9 Å². The van der Waals surface area contributed by atoms with E-state index in [-0.39, 0.29) is 0 Å². The van der Waals surface area contributed by atoms with Gasteiger partial charge in [0.05, 0.1) is 12.2 Å². The molecule has 16 heavy (non-hydrogen) atoms. The lowest BCUT2D eigenvalue weighted by atomic mass is 10.5. The molecule has 0 bridgehead atoms. The summed E-state index contributed by atoms with van der Waals surface area (Å²) < 4.78 is 0. The molecule has 0 unspecified atom stereocenters. The first-order valence-electron chi connectivity index (χ1n) is 4.80. The fourth-order valence-electron chi connectivity index (χ4n) is 1.00. The van der Waals surface area contributed by atoms with Gasteiger partial charge in [0.1, 0.15) is 0 Å². The summed E-state index contributed by atoms with van der Waals surface area (Å²) in [7, 11) is 1.72. The average molecular weight is 238 g/mol. The van der Waals surface area contributed by atoms with E-state index in [9.17, 15) is 0 Å². The largest absolute Gasteiger partial charge is 0.359 e. The maximum Gasteiger partial charge on any atom is 0.204 e. The van der Waals surface area contributed by atoms with Crippen molar-refractivity contribution in [1.29, 1.82) is 5.26 Å². The zero-order chi connectivity index (χ0) is 11.6. The Bertz CT molecular complexity index is 353. The van der Waals surface area contributed by atoms with Gasteiger partial charge in [0.15, 0.2) is 6.19 Å². The van der Waals surface area contributed by atoms with Crippen LogP contribution < -0.4 is 10.6 Å². The predicted molar refractivity (Wildman–Crippen MR) is 64.9 cm³/mol. The Morgan fingerprint density at radius 3 is 3.25 bits per heavy atom. The number of nitrogens with zero attached hydrogens (tertiary/aromatic N) is 3. The summed E-state index contributed by atoms with van der Waals surface area (Å²) in [6.45, 7) is 0.667. The number of aliphatic imine (C=N–C) groups is 1. The lowest BCUT2D eigenvalue weighted by molar-refractivity contribution is 1.01. The predicted octanol–water partition coefficient (Wildman–Crippen LogP) is 0.289. The Hall–Kier alpha value is -1.68. The van der Waals surface area contributed by atoms with Crippen molar-refractivity contribution in [3.05, 3.63) is 18.0 Å². The molecule has 6 nitrogen and oxygen atoms in total. The van der Waals surface area contributed by atoms with E-state index in [4.69, 9.17) is 5.26 Å². The first-order chi connectivity index (χ1) is 7.86. The first-order valence-corrected chi connectivity index (χ1v) is 5.96. The van der Waals surface area contributed by atoms with Crippen LogP contribution in [0.1, 0.15) is 5.69 Å². The highest BCUT2D eigenvalue weighted by molar-refractivity contribution is 7.98. The minimum absolute atomic E-state index is 0.503. The summed E-state index contributed by atoms with van der Waals surface area (Å²) in [5, 5.41) is 20.5. The Labute approximate surface area is 98.5 Å². The molecule has 0 saturated heterocycles. The number of hydrogen-bond donors (Lipinski definition) is 3. The Kier molecular flexibility index (Phi) is 5.88. The molecule has 0 fully saturated rings. The standard InChI is InChI=1S/C9H14N6S/c1-11-9(13-7-10)12-4-5-16-6-8-2-3-14-15-8/h2-3H,4-6H2,1H3,(H,14,15)(H2,11,12,13). The van der Waals surface area contributed by atoms with E-state index in [0.717, 1.165) is 17.2 Å². The molecule has 1 aromatic rings. The quantitative estimate of drug-likeness (QED) is 0.225. The van der Waals surface area contributed by atoms with E-state index >= 15 is 0 Å². The van der Waals surface area contributed by atoms with Gasteiger partial charge in [0.2, 0.25) is 5.96 Å². The molecule has 0 atom stereocenters. The molecule has 0 aliphatic rings. The Balaban J connectivity index is 2.13. The number of thioether (sulfide) groups is 1. The number of hydrogen-bond acceptors (Lipinski definition) is 4. The third-order valence-corrected chi connectivity index (χ3v) is 2.70. The summed E-state index contributed by atoms with van der Waals surface area (Å²) in [6.07, 6.45) is 3.63. The van der Waals surface area contributed by atoms with Gasteiger partial charge in [-0.05, 0) is 6.07 Å². The fraction of sp³-hybridized carbons (Fsp3) is 0.444. The molecular weight excluding hydrogens is 224 g/mol. The molecule has 3 N–H and O–H groups in total. The third kappa shape index (κ3) is 4.70. The Morgan fingerprint density at radius 1 is 1.75 bits per heavy atom. The van der Waals surface area contributed by atoms with Crippen LogP contribution in [0.15, 0.2) is 17.3 Å². The van der Waals surface area contributed by atoms with Crippen molar-refractivity contribution in [3.8, 4) is 6.19 Å². The van der Waals surface area contributed by atoms with Crippen molar-refractivity contribution < 1.29 is 0 Å². The molecule has 0 aliphatic heterocycles. The van der Waals surface area contributed by atoms with Gasteiger partial charge in [-0.25, -0.2) is 0 Å². The maximum atomic E-state index is 8.40. The van der Waals surface area contributed by atoms with Crippen molar-refractivity contribution >= 4 is 17.7 Å². The van der Waals surface area contributed by atoms with Gasteiger partial charge in [-0.3, -0.25) is 15.4 Å². The molecule has 0 saturated carbocycles. The number of rotatable bonds is 5. The minimum atomic E-state index is 0.503. The third-order valence-electron chi connectivity index (χ3n) is 1.73. The van der Waals surface area contributed by atoms with E-state index in [2.05, 4.69) is 25.8 Å². The van der Waals surface area contributed by atoms with Crippen LogP contribution in [0.4, 0.5) is 0 Å². The van der Waals surface area contributed by atoms with Crippen LogP contribution in [-0.4, -0.2) is 35.5 Å². The van der Waals surface area contributed by atoms with Gasteiger partial charge in [0.25, 0.3) is 0 Å². The van der Waals surface area contributed by atoms with E-state index in [0.29, 0.717) is 12.5 Å². The molecule has 0 amide bonds. The minimum Gasteiger partial charge on any atom is -0.359 e. The highest BCUT2D eigenvalue weighted by Gasteiger charge is 1.95. The van der Waals surface area contributed by atoms with Crippen molar-refractivity contribution in [3.63, 3.8) is 0 Å². The molecule has 0 radical (unpaired) electrons. The maximum absolute atomic E-state index is 8.40. The summed E-state index contributed by atoms with van der Waals surface area (Å²) in [5.74, 6) is 2.27. The molecule has 1 heterocycles. The van der Waals surface area contributed by atoms with E-state index in [1.165, 1.54) is 0 Å². The number of guanidine groups is 1. The lowest BCUT2D eigenvalue weighted by Crippen LogP contribution is -2.31. The lowest BCUT2D eigenvalue weighted by Gasteiger charge is -2.01. The monoisotopic (exact) mass is 238 g/mol. The smallest absolute Gasteiger partial charge is 0.204 e. The molecule has 86 valence electrons. The van der Waals surface area contributed by atoms with E-state index < -0.39 is 0 Å². The summed E-state index contributed by atoms with van der Waals surface area (Å²) in [5.41, 5.74) is 1.04. The first kappa shape index (κ1) is 12.4. The van der Waals surface area contributed by atoms with Crippen molar-refractivity contribution in [1.82, 2.24) is 20.8 Å². The number of H-pyrrole nitrogens is 1. The highest BCUT2D eigenvalue weighted by atomic mass is 32.2. The fourth-order valence-corrected chi connectivity index (χ4v) is 1.74. The second-order valence-electron chi connectivity index (χ2n) is 2.84. The van der Waals surface area contributed by atoms with Gasteiger partial charge >= 0.3 is 0 Å². The van der Waals surface area contributed by atoms with Crippen molar-refractivity contribution in [2.24, 2.45) is 4.99 Å². The van der Waals surface area contributed by atoms with Crippen LogP contribution in [0.3, 0.4) is 0 Å². The summed E-state index contributed by atoms with van der Waals surface area (Å²) in [4.78, 5) is 4.17. The zero-order valence-corrected chi connectivity index (χ0v) is 9.84. The normalized spacial score (nSPS) is 10.9. The molecule has 1 aromatic heterocycles. The second kappa shape index (κ2) is 7.59. The van der Waals surface area contributed by atoms with Crippen LogP contribution in [0.5, 0.6) is 0 Å². The van der Waals surface area contributed by atoms with E-state index in [1.54, 1.807) is 18.8 Å². The van der Waals surface area contributed by atoms with Gasteiger partial charge in [0, 0.05) is 24.8 Å². The number of nitriles is 1. The summed E-state index contributed by atoms with van der Waals surface area (Å²) >= 11 is 1.75. The number of aromatic amines is 1. The van der Waals surface area contributed by atoms with Gasteiger partial charge in [-0.1, -0.05) is 0 Å². The molecule has 0 aliphatic carbocycles. The molecule has 0 spiro atoms. The van der Waals surface area contributed by atoms with Crippen molar-refractivity contribution in [2.45, 2.75) is 5.75 Å². The van der Waals surface area contributed by atoms with Crippen molar-refractivity contribution in [2.75, 3.05) is 19.3 Å². The van der Waals surface area contributed by atoms with Crippen LogP contribution in [-0.2, 0) is 5.75 Å². The molecular formula is C9H14N6S. The molecule has 7 heteroatoms. The second-order valence-corrected chi connectivity index (χ2v) is 3.94. The van der Waals surface area contributed by atoms with E-state index in [1.807, 2.05) is 18.5 Å². The van der Waals surface area contributed by atoms with Gasteiger partial charge < -0.3 is 5.32 Å². The average Bonchev–Trinajstić information content (AvgIpc) is 2.80. The van der Waals surface area contributed by atoms with Crippen LogP contribution >= 0.6 is 11.8 Å².